The summed E-state index contributed by atoms with van der Waals surface area (Å²) in [4.78, 5) is 0.0741. The molecule has 0 heterocycles. The van der Waals surface area contributed by atoms with E-state index in [0.29, 0.717) is 10.8 Å². The molecule has 5 nitrogen and oxygen atoms in total. The third-order valence-electron chi connectivity index (χ3n) is 2.86. The van der Waals surface area contributed by atoms with E-state index in [-0.39, 0.29) is 15.8 Å². The first-order valence-corrected chi connectivity index (χ1v) is 8.96. The molecule has 0 aromatic heterocycles. The highest BCUT2D eigenvalue weighted by molar-refractivity contribution is 7.89. The van der Waals surface area contributed by atoms with E-state index in [1.165, 1.54) is 12.1 Å². The molecule has 0 radical (unpaired) electrons. The Balaban J connectivity index is 2.70. The second-order valence-electron chi connectivity index (χ2n) is 7.27. The fourth-order valence-electron chi connectivity index (χ4n) is 2.57. The average molecular weight is 344 g/mol. The molecule has 0 aliphatic carbocycles. The molecule has 0 saturated heterocycles. The summed E-state index contributed by atoms with van der Waals surface area (Å²) in [5, 5.41) is 11.9. The fourth-order valence-corrected chi connectivity index (χ4v) is 3.48. The highest BCUT2D eigenvalue weighted by Crippen LogP contribution is 2.26. The Kier molecular flexibility index (Phi) is 5.59. The summed E-state index contributed by atoms with van der Waals surface area (Å²) in [5.41, 5.74) is 0.739. The third-order valence-corrected chi connectivity index (χ3v) is 4.00. The van der Waals surface area contributed by atoms with Gasteiger partial charge in [0.2, 0.25) is 10.0 Å². The Morgan fingerprint density at radius 3 is 2.05 bits per heavy atom. The average Bonchev–Trinajstić information content (AvgIpc) is 2.23. The van der Waals surface area contributed by atoms with Gasteiger partial charge in [-0.3, -0.25) is 0 Å². The van der Waals surface area contributed by atoms with Gasteiger partial charge in [0, 0.05) is 11.2 Å². The van der Waals surface area contributed by atoms with E-state index in [1.807, 2.05) is 0 Å². The number of anilines is 1. The minimum Gasteiger partial charge on any atom is -0.358 e. The molecule has 0 aliphatic heterocycles. The van der Waals surface area contributed by atoms with Crippen molar-refractivity contribution in [3.63, 3.8) is 0 Å². The van der Waals surface area contributed by atoms with Crippen LogP contribution in [0.1, 0.15) is 41.0 Å². The van der Waals surface area contributed by atoms with Crippen LogP contribution in [-0.2, 0) is 10.0 Å². The lowest BCUT2D eigenvalue weighted by Crippen LogP contribution is -2.47. The smallest absolute Gasteiger partial charge is 0.238 e. The van der Waals surface area contributed by atoms with Gasteiger partial charge in [0.05, 0.1) is 4.90 Å². The van der Waals surface area contributed by atoms with Crippen LogP contribution in [0.3, 0.4) is 0 Å². The van der Waals surface area contributed by atoms with Crippen LogP contribution in [0.2, 0.25) is 0 Å². The Morgan fingerprint density at radius 2 is 1.64 bits per heavy atom. The standard InChI is InChI=1S/C15H25N3O2S2/c1-14(2,3)10-15(4,5)18-13(21)17-11-6-8-12(9-7-11)22(16,19)20/h6-9H,10H2,1-5H3,(H2,16,19,20)(H2,17,18,21). The largest absolute Gasteiger partial charge is 0.358 e. The summed E-state index contributed by atoms with van der Waals surface area (Å²) in [6, 6.07) is 6.15. The van der Waals surface area contributed by atoms with E-state index in [9.17, 15) is 8.42 Å². The zero-order valence-corrected chi connectivity index (χ0v) is 15.4. The van der Waals surface area contributed by atoms with Crippen LogP contribution < -0.4 is 15.8 Å². The number of sulfonamides is 1. The van der Waals surface area contributed by atoms with Gasteiger partial charge in [-0.25, -0.2) is 13.6 Å². The first kappa shape index (κ1) is 18.9. The molecule has 1 rings (SSSR count). The van der Waals surface area contributed by atoms with Crippen molar-refractivity contribution in [1.82, 2.24) is 5.32 Å². The molecule has 0 aliphatic rings. The number of nitrogens with two attached hydrogens (primary N) is 1. The summed E-state index contributed by atoms with van der Waals surface area (Å²) in [5.74, 6) is 0. The molecule has 7 heteroatoms. The van der Waals surface area contributed by atoms with E-state index in [0.717, 1.165) is 6.42 Å². The van der Waals surface area contributed by atoms with Crippen molar-refractivity contribution in [3.05, 3.63) is 24.3 Å². The van der Waals surface area contributed by atoms with Crippen molar-refractivity contribution < 1.29 is 8.42 Å². The van der Waals surface area contributed by atoms with E-state index >= 15 is 0 Å². The zero-order chi connectivity index (χ0) is 17.2. The molecule has 0 fully saturated rings. The lowest BCUT2D eigenvalue weighted by Gasteiger charge is -2.34. The monoisotopic (exact) mass is 343 g/mol. The Hall–Kier alpha value is -1.18. The maximum Gasteiger partial charge on any atom is 0.238 e. The number of nitrogens with one attached hydrogen (secondary N) is 2. The van der Waals surface area contributed by atoms with Crippen molar-refractivity contribution in [1.29, 1.82) is 0 Å². The molecular weight excluding hydrogens is 318 g/mol. The van der Waals surface area contributed by atoms with Gasteiger partial charge in [0.25, 0.3) is 0 Å². The predicted molar refractivity (Wildman–Crippen MR) is 95.3 cm³/mol. The van der Waals surface area contributed by atoms with Crippen LogP contribution in [0.4, 0.5) is 5.69 Å². The summed E-state index contributed by atoms with van der Waals surface area (Å²) in [6.07, 6.45) is 0.951. The van der Waals surface area contributed by atoms with E-state index in [4.69, 9.17) is 17.4 Å². The number of benzene rings is 1. The van der Waals surface area contributed by atoms with Crippen molar-refractivity contribution in [3.8, 4) is 0 Å². The number of thiocarbonyl (C=S) groups is 1. The molecule has 0 bridgehead atoms. The number of rotatable bonds is 4. The van der Waals surface area contributed by atoms with Gasteiger partial charge in [0.1, 0.15) is 0 Å². The van der Waals surface area contributed by atoms with Crippen molar-refractivity contribution in [2.45, 2.75) is 51.5 Å². The summed E-state index contributed by atoms with van der Waals surface area (Å²) in [6.45, 7) is 10.7. The predicted octanol–water partition coefficient (Wildman–Crippen LogP) is 2.84. The summed E-state index contributed by atoms with van der Waals surface area (Å²) in [7, 11) is -3.67. The topological polar surface area (TPSA) is 84.2 Å². The molecule has 0 saturated carbocycles. The molecule has 0 unspecified atom stereocenters. The van der Waals surface area contributed by atoms with Gasteiger partial charge >= 0.3 is 0 Å². The SMILES string of the molecule is CC(C)(C)CC(C)(C)NC(=S)Nc1ccc(S(N)(=O)=O)cc1. The van der Waals surface area contributed by atoms with Gasteiger partial charge in [-0.05, 0) is 62.2 Å². The summed E-state index contributed by atoms with van der Waals surface area (Å²) >= 11 is 5.31. The van der Waals surface area contributed by atoms with Crippen LogP contribution in [0.25, 0.3) is 0 Å². The number of hydrogen-bond acceptors (Lipinski definition) is 3. The normalized spacial score (nSPS) is 12.8. The summed E-state index contributed by atoms with van der Waals surface area (Å²) < 4.78 is 22.4. The molecule has 1 aromatic carbocycles. The van der Waals surface area contributed by atoms with Gasteiger partial charge in [0.15, 0.2) is 5.11 Å². The van der Waals surface area contributed by atoms with E-state index < -0.39 is 10.0 Å². The van der Waals surface area contributed by atoms with Crippen LogP contribution in [-0.4, -0.2) is 19.1 Å². The van der Waals surface area contributed by atoms with Crippen LogP contribution in [0, 0.1) is 5.41 Å². The fraction of sp³-hybridized carbons (Fsp3) is 0.533. The molecular formula is C15H25N3O2S2. The molecule has 22 heavy (non-hydrogen) atoms. The van der Waals surface area contributed by atoms with Gasteiger partial charge < -0.3 is 10.6 Å². The Labute approximate surface area is 138 Å². The van der Waals surface area contributed by atoms with Gasteiger partial charge in [-0.1, -0.05) is 20.8 Å². The third kappa shape index (κ3) is 6.72. The quantitative estimate of drug-likeness (QED) is 0.732. The molecule has 1 aromatic rings. The van der Waals surface area contributed by atoms with Gasteiger partial charge in [-0.15, -0.1) is 0 Å². The lowest BCUT2D eigenvalue weighted by molar-refractivity contribution is 0.268. The molecule has 4 N–H and O–H groups in total. The maximum atomic E-state index is 11.2. The second kappa shape index (κ2) is 6.52. The minimum atomic E-state index is -3.67. The van der Waals surface area contributed by atoms with Crippen LogP contribution in [0.5, 0.6) is 0 Å². The Morgan fingerprint density at radius 1 is 1.14 bits per heavy atom. The van der Waals surface area contributed by atoms with Crippen LogP contribution in [0.15, 0.2) is 29.2 Å². The van der Waals surface area contributed by atoms with Crippen molar-refractivity contribution >= 4 is 33.0 Å². The maximum absolute atomic E-state index is 11.2. The lowest BCUT2D eigenvalue weighted by atomic mass is 9.82. The highest BCUT2D eigenvalue weighted by Gasteiger charge is 2.25. The van der Waals surface area contributed by atoms with Crippen molar-refractivity contribution in [2.24, 2.45) is 10.6 Å². The highest BCUT2D eigenvalue weighted by atomic mass is 32.2. The van der Waals surface area contributed by atoms with E-state index in [2.05, 4.69) is 45.3 Å². The minimum absolute atomic E-state index is 0.0741. The van der Waals surface area contributed by atoms with Crippen molar-refractivity contribution in [2.75, 3.05) is 5.32 Å². The molecule has 0 amide bonds. The Bertz CT molecular complexity index is 630. The van der Waals surface area contributed by atoms with Gasteiger partial charge in [-0.2, -0.15) is 0 Å². The number of hydrogen-bond donors (Lipinski definition) is 3. The van der Waals surface area contributed by atoms with E-state index in [1.54, 1.807) is 12.1 Å². The molecule has 124 valence electrons. The molecule has 0 spiro atoms. The first-order chi connectivity index (χ1) is 9.78. The second-order valence-corrected chi connectivity index (χ2v) is 9.24. The molecule has 0 atom stereocenters. The number of primary sulfonamides is 1. The first-order valence-electron chi connectivity index (χ1n) is 7.01. The zero-order valence-electron chi connectivity index (χ0n) is 13.7. The van der Waals surface area contributed by atoms with Crippen LogP contribution >= 0.6 is 12.2 Å².